The third-order valence-corrected chi connectivity index (χ3v) is 3.40. The summed E-state index contributed by atoms with van der Waals surface area (Å²) >= 11 is 0. The average molecular weight is 383 g/mol. The third-order valence-electron chi connectivity index (χ3n) is 3.40. The van der Waals surface area contributed by atoms with Crippen LogP contribution < -0.4 is 14.8 Å². The van der Waals surface area contributed by atoms with Gasteiger partial charge in [-0.25, -0.2) is 9.18 Å². The number of esters is 1. The SMILES string of the molecule is COc1cc(C(=O)O[C@H](C)C(=O)Nc2ccccc2F)ccc1OC(F)F. The molecule has 2 aromatic carbocycles. The zero-order valence-corrected chi connectivity index (χ0v) is 14.4. The summed E-state index contributed by atoms with van der Waals surface area (Å²) in [7, 11) is 1.22. The molecule has 1 amide bonds. The molecule has 2 aromatic rings. The fourth-order valence-corrected chi connectivity index (χ4v) is 2.07. The zero-order chi connectivity index (χ0) is 20.0. The molecule has 1 N–H and O–H groups in total. The lowest BCUT2D eigenvalue weighted by molar-refractivity contribution is -0.123. The molecular weight excluding hydrogens is 367 g/mol. The van der Waals surface area contributed by atoms with E-state index in [0.717, 1.165) is 12.1 Å². The van der Waals surface area contributed by atoms with Crippen molar-refractivity contribution in [3.05, 3.63) is 53.8 Å². The van der Waals surface area contributed by atoms with Gasteiger partial charge in [0.15, 0.2) is 17.6 Å². The molecule has 0 saturated carbocycles. The number of ether oxygens (including phenoxy) is 3. The molecule has 0 aliphatic heterocycles. The van der Waals surface area contributed by atoms with Crippen LogP contribution in [0.3, 0.4) is 0 Å². The van der Waals surface area contributed by atoms with E-state index >= 15 is 0 Å². The number of rotatable bonds is 7. The highest BCUT2D eigenvalue weighted by atomic mass is 19.3. The fraction of sp³-hybridized carbons (Fsp3) is 0.222. The molecule has 0 aliphatic rings. The van der Waals surface area contributed by atoms with Crippen LogP contribution in [-0.2, 0) is 9.53 Å². The summed E-state index contributed by atoms with van der Waals surface area (Å²) in [5.41, 5.74) is -0.0976. The van der Waals surface area contributed by atoms with Crippen molar-refractivity contribution in [2.75, 3.05) is 12.4 Å². The van der Waals surface area contributed by atoms with Crippen LogP contribution in [0.4, 0.5) is 18.9 Å². The number of anilines is 1. The normalized spacial score (nSPS) is 11.6. The van der Waals surface area contributed by atoms with Crippen LogP contribution >= 0.6 is 0 Å². The van der Waals surface area contributed by atoms with E-state index in [2.05, 4.69) is 10.1 Å². The van der Waals surface area contributed by atoms with Crippen LogP contribution in [0.1, 0.15) is 17.3 Å². The molecule has 0 spiro atoms. The number of carbonyl (C=O) groups excluding carboxylic acids is 2. The summed E-state index contributed by atoms with van der Waals surface area (Å²) in [5, 5.41) is 2.30. The second-order valence-corrected chi connectivity index (χ2v) is 5.26. The van der Waals surface area contributed by atoms with Crippen molar-refractivity contribution in [2.24, 2.45) is 0 Å². The average Bonchev–Trinajstić information content (AvgIpc) is 2.63. The number of methoxy groups -OCH3 is 1. The first-order valence-electron chi connectivity index (χ1n) is 7.71. The summed E-state index contributed by atoms with van der Waals surface area (Å²) in [6, 6.07) is 8.96. The minimum Gasteiger partial charge on any atom is -0.493 e. The maximum Gasteiger partial charge on any atom is 0.387 e. The van der Waals surface area contributed by atoms with Crippen LogP contribution in [0.25, 0.3) is 0 Å². The van der Waals surface area contributed by atoms with E-state index in [-0.39, 0.29) is 22.7 Å². The molecule has 9 heteroatoms. The summed E-state index contributed by atoms with van der Waals surface area (Å²) in [5.74, 6) is -2.63. The Balaban J connectivity index is 2.05. The van der Waals surface area contributed by atoms with E-state index in [4.69, 9.17) is 9.47 Å². The molecular formula is C18H16F3NO5. The van der Waals surface area contributed by atoms with Gasteiger partial charge in [0.1, 0.15) is 5.82 Å². The lowest BCUT2D eigenvalue weighted by Crippen LogP contribution is -2.30. The lowest BCUT2D eigenvalue weighted by atomic mass is 10.2. The number of benzene rings is 2. The molecule has 1 atom stereocenters. The topological polar surface area (TPSA) is 73.9 Å². The Morgan fingerprint density at radius 1 is 1.07 bits per heavy atom. The van der Waals surface area contributed by atoms with Crippen molar-refractivity contribution in [1.82, 2.24) is 0 Å². The van der Waals surface area contributed by atoms with E-state index in [9.17, 15) is 22.8 Å². The molecule has 0 bridgehead atoms. The Morgan fingerprint density at radius 2 is 1.78 bits per heavy atom. The van der Waals surface area contributed by atoms with Gasteiger partial charge in [-0.05, 0) is 37.3 Å². The van der Waals surface area contributed by atoms with Crippen LogP contribution in [0, 0.1) is 5.82 Å². The van der Waals surface area contributed by atoms with E-state index in [1.54, 1.807) is 0 Å². The summed E-state index contributed by atoms with van der Waals surface area (Å²) in [6.45, 7) is -1.75. The van der Waals surface area contributed by atoms with Crippen molar-refractivity contribution in [3.8, 4) is 11.5 Å². The highest BCUT2D eigenvalue weighted by molar-refractivity contribution is 5.97. The van der Waals surface area contributed by atoms with E-state index in [0.29, 0.717) is 0 Å². The quantitative estimate of drug-likeness (QED) is 0.740. The molecule has 0 radical (unpaired) electrons. The Labute approximate surface area is 152 Å². The maximum absolute atomic E-state index is 13.6. The Hall–Kier alpha value is -3.23. The second-order valence-electron chi connectivity index (χ2n) is 5.26. The molecule has 2 rings (SSSR count). The van der Waals surface area contributed by atoms with Gasteiger partial charge in [0.05, 0.1) is 18.4 Å². The molecule has 0 unspecified atom stereocenters. The zero-order valence-electron chi connectivity index (χ0n) is 14.4. The predicted octanol–water partition coefficient (Wildman–Crippen LogP) is 3.62. The molecule has 0 saturated heterocycles. The van der Waals surface area contributed by atoms with Crippen LogP contribution in [0.5, 0.6) is 11.5 Å². The molecule has 27 heavy (non-hydrogen) atoms. The highest BCUT2D eigenvalue weighted by Gasteiger charge is 2.21. The highest BCUT2D eigenvalue weighted by Crippen LogP contribution is 2.29. The molecule has 0 aliphatic carbocycles. The van der Waals surface area contributed by atoms with Gasteiger partial charge in [0.2, 0.25) is 0 Å². The molecule has 0 heterocycles. The Kier molecular flexibility index (Phi) is 6.64. The first-order chi connectivity index (χ1) is 12.8. The van der Waals surface area contributed by atoms with Crippen LogP contribution in [0.15, 0.2) is 42.5 Å². The minimum absolute atomic E-state index is 0.0426. The number of hydrogen-bond donors (Lipinski definition) is 1. The molecule has 6 nitrogen and oxygen atoms in total. The number of nitrogens with one attached hydrogen (secondary N) is 1. The van der Waals surface area contributed by atoms with Crippen molar-refractivity contribution < 1.29 is 37.0 Å². The first-order valence-corrected chi connectivity index (χ1v) is 7.71. The minimum atomic E-state index is -3.06. The van der Waals surface area contributed by atoms with Gasteiger partial charge >= 0.3 is 12.6 Å². The first kappa shape index (κ1) is 20.1. The summed E-state index contributed by atoms with van der Waals surface area (Å²) in [6.07, 6.45) is -1.24. The summed E-state index contributed by atoms with van der Waals surface area (Å²) < 4.78 is 52.4. The number of carbonyl (C=O) groups is 2. The standard InChI is InChI=1S/C18H16F3NO5/c1-10(16(23)22-13-6-4-3-5-12(13)19)26-17(24)11-7-8-14(27-18(20)21)15(9-11)25-2/h3-10,18H,1-2H3,(H,22,23)/t10-/m1/s1. The van der Waals surface area contributed by atoms with Gasteiger partial charge in [-0.1, -0.05) is 12.1 Å². The smallest absolute Gasteiger partial charge is 0.387 e. The van der Waals surface area contributed by atoms with E-state index in [1.807, 2.05) is 0 Å². The largest absolute Gasteiger partial charge is 0.493 e. The van der Waals surface area contributed by atoms with Gasteiger partial charge < -0.3 is 19.5 Å². The number of alkyl halides is 2. The monoisotopic (exact) mass is 383 g/mol. The number of hydrogen-bond acceptors (Lipinski definition) is 5. The summed E-state index contributed by atoms with van der Waals surface area (Å²) in [4.78, 5) is 24.2. The van der Waals surface area contributed by atoms with Crippen molar-refractivity contribution in [2.45, 2.75) is 19.6 Å². The second kappa shape index (κ2) is 8.93. The maximum atomic E-state index is 13.6. The number of amides is 1. The van der Waals surface area contributed by atoms with Gasteiger partial charge in [-0.2, -0.15) is 8.78 Å². The van der Waals surface area contributed by atoms with Crippen molar-refractivity contribution in [1.29, 1.82) is 0 Å². The predicted molar refractivity (Wildman–Crippen MR) is 89.5 cm³/mol. The molecule has 0 aromatic heterocycles. The van der Waals surface area contributed by atoms with Crippen molar-refractivity contribution in [3.63, 3.8) is 0 Å². The Morgan fingerprint density at radius 3 is 2.41 bits per heavy atom. The van der Waals surface area contributed by atoms with Crippen LogP contribution in [-0.4, -0.2) is 31.7 Å². The van der Waals surface area contributed by atoms with Crippen molar-refractivity contribution >= 4 is 17.6 Å². The van der Waals surface area contributed by atoms with Gasteiger partial charge in [-0.3, -0.25) is 4.79 Å². The number of para-hydroxylation sites is 1. The van der Waals surface area contributed by atoms with Crippen LogP contribution in [0.2, 0.25) is 0 Å². The Bertz CT molecular complexity index is 828. The third kappa shape index (κ3) is 5.37. The fourth-order valence-electron chi connectivity index (χ4n) is 2.07. The van der Waals surface area contributed by atoms with E-state index < -0.39 is 30.4 Å². The van der Waals surface area contributed by atoms with Gasteiger partial charge in [0, 0.05) is 0 Å². The molecule has 0 fully saturated rings. The molecule has 144 valence electrons. The van der Waals surface area contributed by atoms with E-state index in [1.165, 1.54) is 44.4 Å². The van der Waals surface area contributed by atoms with Gasteiger partial charge in [-0.15, -0.1) is 0 Å². The lowest BCUT2D eigenvalue weighted by Gasteiger charge is -2.15. The van der Waals surface area contributed by atoms with Gasteiger partial charge in [0.25, 0.3) is 5.91 Å². The number of halogens is 3.